The number of amides is 2. The van der Waals surface area contributed by atoms with Gasteiger partial charge >= 0.3 is 0 Å². The van der Waals surface area contributed by atoms with Crippen LogP contribution in [0.2, 0.25) is 0 Å². The smallest absolute Gasteiger partial charge is 0.240 e. The summed E-state index contributed by atoms with van der Waals surface area (Å²) in [6.45, 7) is 6.68. The van der Waals surface area contributed by atoms with Crippen molar-refractivity contribution >= 4 is 29.0 Å². The SMILES string of the molecule is Cc1cc2n(n1)CCCN2CCCC(=O)Nc1ccc(N2CCNCC2=O)cc1. The van der Waals surface area contributed by atoms with E-state index in [0.717, 1.165) is 61.9 Å². The molecule has 1 aromatic heterocycles. The number of benzene rings is 1. The first-order chi connectivity index (χ1) is 14.1. The maximum Gasteiger partial charge on any atom is 0.240 e. The van der Waals surface area contributed by atoms with E-state index in [9.17, 15) is 9.59 Å². The minimum absolute atomic E-state index is 0.0118. The highest BCUT2D eigenvalue weighted by Crippen LogP contribution is 2.22. The van der Waals surface area contributed by atoms with Crippen LogP contribution in [0, 0.1) is 6.92 Å². The van der Waals surface area contributed by atoms with Gasteiger partial charge in [0.05, 0.1) is 12.2 Å². The first-order valence-electron chi connectivity index (χ1n) is 10.3. The molecule has 2 aliphatic heterocycles. The highest BCUT2D eigenvalue weighted by Gasteiger charge is 2.20. The van der Waals surface area contributed by atoms with Crippen molar-refractivity contribution in [1.82, 2.24) is 15.1 Å². The highest BCUT2D eigenvalue weighted by molar-refractivity contribution is 5.96. The van der Waals surface area contributed by atoms with Crippen LogP contribution in [-0.4, -0.2) is 54.3 Å². The number of piperazine rings is 1. The van der Waals surface area contributed by atoms with E-state index in [1.54, 1.807) is 4.90 Å². The molecule has 2 amide bonds. The minimum atomic E-state index is 0.0118. The van der Waals surface area contributed by atoms with E-state index in [0.29, 0.717) is 19.5 Å². The predicted octanol–water partition coefficient (Wildman–Crippen LogP) is 1.76. The number of carbonyl (C=O) groups excluding carboxylic acids is 2. The van der Waals surface area contributed by atoms with Gasteiger partial charge in [0.25, 0.3) is 0 Å². The van der Waals surface area contributed by atoms with Crippen LogP contribution in [0.25, 0.3) is 0 Å². The van der Waals surface area contributed by atoms with Gasteiger partial charge in [-0.25, -0.2) is 4.68 Å². The number of hydrogen-bond donors (Lipinski definition) is 2. The standard InChI is InChI=1S/C21H28N6O2/c1-16-14-20-25(11-3-12-27(20)24-16)10-2-4-19(28)23-17-5-7-18(8-6-17)26-13-9-22-15-21(26)29/h5-8,14,22H,2-4,9-13,15H2,1H3,(H,23,28). The van der Waals surface area contributed by atoms with Crippen molar-refractivity contribution < 1.29 is 9.59 Å². The number of nitrogens with one attached hydrogen (secondary N) is 2. The number of rotatable bonds is 6. The summed E-state index contributed by atoms with van der Waals surface area (Å²) in [5.74, 6) is 1.24. The fourth-order valence-electron chi connectivity index (χ4n) is 3.96. The summed E-state index contributed by atoms with van der Waals surface area (Å²) in [4.78, 5) is 28.4. The van der Waals surface area contributed by atoms with Gasteiger partial charge in [0.1, 0.15) is 5.82 Å². The highest BCUT2D eigenvalue weighted by atomic mass is 16.2. The number of aromatic nitrogens is 2. The lowest BCUT2D eigenvalue weighted by atomic mass is 10.2. The minimum Gasteiger partial charge on any atom is -0.357 e. The van der Waals surface area contributed by atoms with Gasteiger partial charge in [-0.3, -0.25) is 9.59 Å². The zero-order valence-corrected chi connectivity index (χ0v) is 16.9. The molecule has 0 atom stereocenters. The summed E-state index contributed by atoms with van der Waals surface area (Å²) in [5.41, 5.74) is 2.66. The number of aryl methyl sites for hydroxylation is 2. The molecule has 0 unspecified atom stereocenters. The Labute approximate surface area is 170 Å². The Balaban J connectivity index is 1.25. The lowest BCUT2D eigenvalue weighted by Gasteiger charge is -2.29. The molecule has 3 heterocycles. The second-order valence-corrected chi connectivity index (χ2v) is 7.63. The molecule has 2 N–H and O–H groups in total. The molecular weight excluding hydrogens is 368 g/mol. The lowest BCUT2D eigenvalue weighted by molar-refractivity contribution is -0.118. The Hall–Kier alpha value is -2.87. The van der Waals surface area contributed by atoms with E-state index in [-0.39, 0.29) is 11.8 Å². The molecule has 154 valence electrons. The molecule has 0 radical (unpaired) electrons. The maximum absolute atomic E-state index is 12.3. The molecule has 0 aliphatic carbocycles. The molecule has 2 aromatic rings. The first kappa shape index (κ1) is 19.4. The number of carbonyl (C=O) groups is 2. The maximum atomic E-state index is 12.3. The van der Waals surface area contributed by atoms with Crippen molar-refractivity contribution in [1.29, 1.82) is 0 Å². The third-order valence-corrected chi connectivity index (χ3v) is 5.39. The average Bonchev–Trinajstić information content (AvgIpc) is 3.10. The quantitative estimate of drug-likeness (QED) is 0.778. The van der Waals surface area contributed by atoms with Crippen LogP contribution in [0.4, 0.5) is 17.2 Å². The molecule has 29 heavy (non-hydrogen) atoms. The predicted molar refractivity (Wildman–Crippen MR) is 113 cm³/mol. The fourth-order valence-corrected chi connectivity index (χ4v) is 3.96. The van der Waals surface area contributed by atoms with E-state index < -0.39 is 0 Å². The molecule has 0 spiro atoms. The van der Waals surface area contributed by atoms with Crippen molar-refractivity contribution in [2.45, 2.75) is 32.7 Å². The van der Waals surface area contributed by atoms with Gasteiger partial charge in [-0.1, -0.05) is 0 Å². The molecule has 1 aromatic carbocycles. The Morgan fingerprint density at radius 3 is 2.83 bits per heavy atom. The average molecular weight is 396 g/mol. The van der Waals surface area contributed by atoms with Crippen LogP contribution in [0.1, 0.15) is 25.0 Å². The fraction of sp³-hybridized carbons (Fsp3) is 0.476. The van der Waals surface area contributed by atoms with Crippen molar-refractivity contribution in [3.05, 3.63) is 36.0 Å². The molecule has 0 saturated carbocycles. The van der Waals surface area contributed by atoms with Crippen LogP contribution in [0.5, 0.6) is 0 Å². The second kappa shape index (κ2) is 8.65. The molecule has 1 saturated heterocycles. The molecule has 0 bridgehead atoms. The molecule has 4 rings (SSSR count). The van der Waals surface area contributed by atoms with E-state index in [1.165, 1.54) is 0 Å². The topological polar surface area (TPSA) is 82.5 Å². The first-order valence-corrected chi connectivity index (χ1v) is 10.3. The normalized spacial score (nSPS) is 16.7. The Bertz CT molecular complexity index is 876. The molecule has 8 heteroatoms. The zero-order chi connectivity index (χ0) is 20.2. The lowest BCUT2D eigenvalue weighted by Crippen LogP contribution is -2.48. The van der Waals surface area contributed by atoms with Gasteiger partial charge in [-0.2, -0.15) is 5.10 Å². The molecule has 2 aliphatic rings. The van der Waals surface area contributed by atoms with Crippen molar-refractivity contribution in [3.63, 3.8) is 0 Å². The number of fused-ring (bicyclic) bond motifs is 1. The van der Waals surface area contributed by atoms with Crippen LogP contribution in [-0.2, 0) is 16.1 Å². The molecule has 8 nitrogen and oxygen atoms in total. The monoisotopic (exact) mass is 396 g/mol. The Morgan fingerprint density at radius 2 is 2.03 bits per heavy atom. The summed E-state index contributed by atoms with van der Waals surface area (Å²) in [6, 6.07) is 9.60. The molecular formula is C21H28N6O2. The van der Waals surface area contributed by atoms with Gasteiger partial charge in [0.2, 0.25) is 11.8 Å². The second-order valence-electron chi connectivity index (χ2n) is 7.63. The Morgan fingerprint density at radius 1 is 1.21 bits per heavy atom. The summed E-state index contributed by atoms with van der Waals surface area (Å²) in [7, 11) is 0. The summed E-state index contributed by atoms with van der Waals surface area (Å²) in [5, 5.41) is 10.5. The third-order valence-electron chi connectivity index (χ3n) is 5.39. The third kappa shape index (κ3) is 4.59. The van der Waals surface area contributed by atoms with Crippen molar-refractivity contribution in [2.24, 2.45) is 0 Å². The summed E-state index contributed by atoms with van der Waals surface area (Å²) in [6.07, 6.45) is 2.35. The summed E-state index contributed by atoms with van der Waals surface area (Å²) >= 11 is 0. The largest absolute Gasteiger partial charge is 0.357 e. The molecule has 1 fully saturated rings. The van der Waals surface area contributed by atoms with Crippen LogP contribution in [0.3, 0.4) is 0 Å². The van der Waals surface area contributed by atoms with Crippen molar-refractivity contribution in [3.8, 4) is 0 Å². The van der Waals surface area contributed by atoms with Gasteiger partial charge in [0, 0.05) is 56.6 Å². The van der Waals surface area contributed by atoms with Gasteiger partial charge in [-0.15, -0.1) is 0 Å². The van der Waals surface area contributed by atoms with Gasteiger partial charge < -0.3 is 20.4 Å². The van der Waals surface area contributed by atoms with Crippen LogP contribution in [0.15, 0.2) is 30.3 Å². The summed E-state index contributed by atoms with van der Waals surface area (Å²) < 4.78 is 2.06. The number of anilines is 3. The van der Waals surface area contributed by atoms with E-state index >= 15 is 0 Å². The van der Waals surface area contributed by atoms with Crippen molar-refractivity contribution in [2.75, 3.05) is 47.8 Å². The van der Waals surface area contributed by atoms with Crippen LogP contribution < -0.4 is 20.4 Å². The number of nitrogens with zero attached hydrogens (tertiary/aromatic N) is 4. The number of hydrogen-bond acceptors (Lipinski definition) is 5. The van der Waals surface area contributed by atoms with Gasteiger partial charge in [0.15, 0.2) is 0 Å². The zero-order valence-electron chi connectivity index (χ0n) is 16.9. The van der Waals surface area contributed by atoms with E-state index in [2.05, 4.69) is 31.4 Å². The Kier molecular flexibility index (Phi) is 5.80. The van der Waals surface area contributed by atoms with Gasteiger partial charge in [-0.05, 0) is 44.0 Å². The van der Waals surface area contributed by atoms with Crippen LogP contribution >= 0.6 is 0 Å². The van der Waals surface area contributed by atoms with E-state index in [4.69, 9.17) is 0 Å². The van der Waals surface area contributed by atoms with E-state index in [1.807, 2.05) is 31.2 Å².